The van der Waals surface area contributed by atoms with Crippen LogP contribution in [-0.4, -0.2) is 35.8 Å². The first-order valence-electron chi connectivity index (χ1n) is 4.85. The number of unbranched alkanes of at least 4 members (excludes halogenated alkanes) is 1. The summed E-state index contributed by atoms with van der Waals surface area (Å²) in [6.07, 6.45) is 4.70. The van der Waals surface area contributed by atoms with E-state index < -0.39 is 0 Å². The van der Waals surface area contributed by atoms with Crippen molar-refractivity contribution < 1.29 is 5.11 Å². The van der Waals surface area contributed by atoms with Crippen LogP contribution in [0.5, 0.6) is 0 Å². The summed E-state index contributed by atoms with van der Waals surface area (Å²) in [4.78, 5) is 0. The molecule has 72 valence electrons. The molecule has 0 saturated carbocycles. The Morgan fingerprint density at radius 1 is 1.25 bits per heavy atom. The first-order valence-corrected chi connectivity index (χ1v) is 6.01. The van der Waals surface area contributed by atoms with Crippen LogP contribution in [-0.2, 0) is 0 Å². The molecule has 1 aliphatic heterocycles. The van der Waals surface area contributed by atoms with Crippen LogP contribution < -0.4 is 5.32 Å². The van der Waals surface area contributed by atoms with E-state index in [4.69, 9.17) is 5.11 Å². The van der Waals surface area contributed by atoms with Crippen molar-refractivity contribution >= 4 is 11.8 Å². The van der Waals surface area contributed by atoms with E-state index in [2.05, 4.69) is 17.1 Å². The number of aliphatic hydroxyl groups is 1. The maximum absolute atomic E-state index is 8.57. The maximum Gasteiger partial charge on any atom is 0.0431 e. The fraction of sp³-hybridized carbons (Fsp3) is 1.00. The number of rotatable bonds is 5. The monoisotopic (exact) mass is 189 g/mol. The predicted octanol–water partition coefficient (Wildman–Crippen LogP) is 1.24. The molecule has 0 aliphatic carbocycles. The zero-order valence-electron chi connectivity index (χ0n) is 7.59. The Labute approximate surface area is 79.1 Å². The quantitative estimate of drug-likeness (QED) is 0.638. The first kappa shape index (κ1) is 10.4. The Bertz CT molecular complexity index is 105. The second-order valence-electron chi connectivity index (χ2n) is 3.27. The van der Waals surface area contributed by atoms with E-state index in [1.807, 2.05) is 0 Å². The van der Waals surface area contributed by atoms with E-state index in [1.54, 1.807) is 0 Å². The van der Waals surface area contributed by atoms with Gasteiger partial charge < -0.3 is 10.4 Å². The molecule has 0 aromatic carbocycles. The normalized spacial score (nSPS) is 19.8. The van der Waals surface area contributed by atoms with Crippen LogP contribution in [0.1, 0.15) is 25.7 Å². The van der Waals surface area contributed by atoms with Gasteiger partial charge in [-0.15, -0.1) is 0 Å². The number of nitrogens with one attached hydrogen (secondary N) is 1. The van der Waals surface area contributed by atoms with E-state index in [-0.39, 0.29) is 0 Å². The van der Waals surface area contributed by atoms with Crippen molar-refractivity contribution in [1.82, 2.24) is 5.32 Å². The summed E-state index contributed by atoms with van der Waals surface area (Å²) in [5.74, 6) is 2.63. The Kier molecular flexibility index (Phi) is 5.82. The van der Waals surface area contributed by atoms with Gasteiger partial charge in [0.15, 0.2) is 0 Å². The number of thioether (sulfide) groups is 1. The summed E-state index contributed by atoms with van der Waals surface area (Å²) < 4.78 is 0. The Morgan fingerprint density at radius 3 is 2.67 bits per heavy atom. The lowest BCUT2D eigenvalue weighted by Crippen LogP contribution is -2.33. The molecule has 12 heavy (non-hydrogen) atoms. The van der Waals surface area contributed by atoms with Gasteiger partial charge in [-0.1, -0.05) is 0 Å². The van der Waals surface area contributed by atoms with Crippen LogP contribution in [0, 0.1) is 0 Å². The van der Waals surface area contributed by atoms with Gasteiger partial charge in [0, 0.05) is 12.6 Å². The Morgan fingerprint density at radius 2 is 2.00 bits per heavy atom. The van der Waals surface area contributed by atoms with Crippen LogP contribution in [0.4, 0.5) is 0 Å². The molecule has 0 aromatic rings. The zero-order chi connectivity index (χ0) is 8.65. The van der Waals surface area contributed by atoms with E-state index in [9.17, 15) is 0 Å². The largest absolute Gasteiger partial charge is 0.396 e. The molecule has 0 spiro atoms. The van der Waals surface area contributed by atoms with Gasteiger partial charge in [-0.05, 0) is 43.7 Å². The predicted molar refractivity (Wildman–Crippen MR) is 54.7 cm³/mol. The lowest BCUT2D eigenvalue weighted by Gasteiger charge is -2.22. The molecule has 0 aromatic heterocycles. The number of hydrogen-bond acceptors (Lipinski definition) is 3. The smallest absolute Gasteiger partial charge is 0.0431 e. The molecule has 0 unspecified atom stereocenters. The van der Waals surface area contributed by atoms with Gasteiger partial charge in [0.2, 0.25) is 0 Å². The van der Waals surface area contributed by atoms with Crippen molar-refractivity contribution in [2.75, 3.05) is 24.7 Å². The zero-order valence-corrected chi connectivity index (χ0v) is 8.41. The van der Waals surface area contributed by atoms with Gasteiger partial charge >= 0.3 is 0 Å². The van der Waals surface area contributed by atoms with Gasteiger partial charge in [0.25, 0.3) is 0 Å². The van der Waals surface area contributed by atoms with Crippen LogP contribution in [0.25, 0.3) is 0 Å². The summed E-state index contributed by atoms with van der Waals surface area (Å²) in [7, 11) is 0. The minimum Gasteiger partial charge on any atom is -0.396 e. The first-order chi connectivity index (χ1) is 5.93. The van der Waals surface area contributed by atoms with E-state index in [1.165, 1.54) is 24.3 Å². The van der Waals surface area contributed by atoms with Crippen LogP contribution in [0.3, 0.4) is 0 Å². The standard InChI is InChI=1S/C9H19NOS/c11-6-2-1-5-10-9-3-7-12-8-4-9/h9-11H,1-8H2. The highest BCUT2D eigenvalue weighted by Crippen LogP contribution is 2.16. The molecule has 0 radical (unpaired) electrons. The summed E-state index contributed by atoms with van der Waals surface area (Å²) in [5.41, 5.74) is 0. The summed E-state index contributed by atoms with van der Waals surface area (Å²) in [6, 6.07) is 0.755. The SMILES string of the molecule is OCCCCNC1CCSCC1. The molecule has 0 bridgehead atoms. The number of hydrogen-bond donors (Lipinski definition) is 2. The molecule has 0 atom stereocenters. The topological polar surface area (TPSA) is 32.3 Å². The average molecular weight is 189 g/mol. The van der Waals surface area contributed by atoms with Crippen molar-refractivity contribution in [3.8, 4) is 0 Å². The average Bonchev–Trinajstić information content (AvgIpc) is 2.14. The lowest BCUT2D eigenvalue weighted by molar-refractivity contribution is 0.282. The molecule has 1 aliphatic rings. The second kappa shape index (κ2) is 6.75. The molecule has 3 heteroatoms. The molecule has 1 saturated heterocycles. The van der Waals surface area contributed by atoms with E-state index >= 15 is 0 Å². The second-order valence-corrected chi connectivity index (χ2v) is 4.50. The van der Waals surface area contributed by atoms with Gasteiger partial charge in [-0.25, -0.2) is 0 Å². The fourth-order valence-electron chi connectivity index (χ4n) is 1.44. The molecule has 1 rings (SSSR count). The number of aliphatic hydroxyl groups excluding tert-OH is 1. The molecule has 1 fully saturated rings. The highest BCUT2D eigenvalue weighted by atomic mass is 32.2. The lowest BCUT2D eigenvalue weighted by atomic mass is 10.1. The third-order valence-electron chi connectivity index (χ3n) is 2.24. The molecular formula is C9H19NOS. The maximum atomic E-state index is 8.57. The molecule has 2 N–H and O–H groups in total. The van der Waals surface area contributed by atoms with Gasteiger partial charge in [0.05, 0.1) is 0 Å². The summed E-state index contributed by atoms with van der Waals surface area (Å²) in [5, 5.41) is 12.1. The Hall–Kier alpha value is 0.270. The summed E-state index contributed by atoms with van der Waals surface area (Å²) in [6.45, 7) is 1.41. The van der Waals surface area contributed by atoms with Gasteiger partial charge in [-0.2, -0.15) is 11.8 Å². The highest BCUT2D eigenvalue weighted by molar-refractivity contribution is 7.99. The van der Waals surface area contributed by atoms with E-state index in [0.29, 0.717) is 6.61 Å². The molecule has 0 amide bonds. The third-order valence-corrected chi connectivity index (χ3v) is 3.29. The van der Waals surface area contributed by atoms with E-state index in [0.717, 1.165) is 25.4 Å². The van der Waals surface area contributed by atoms with Crippen molar-refractivity contribution in [3.05, 3.63) is 0 Å². The highest BCUT2D eigenvalue weighted by Gasteiger charge is 2.11. The molecule has 1 heterocycles. The Balaban J connectivity index is 1.91. The minimum atomic E-state index is 0.336. The van der Waals surface area contributed by atoms with Crippen LogP contribution >= 0.6 is 11.8 Å². The van der Waals surface area contributed by atoms with Gasteiger partial charge in [0.1, 0.15) is 0 Å². The third kappa shape index (κ3) is 4.33. The van der Waals surface area contributed by atoms with Crippen LogP contribution in [0.2, 0.25) is 0 Å². The molecule has 2 nitrogen and oxygen atoms in total. The van der Waals surface area contributed by atoms with Crippen molar-refractivity contribution in [3.63, 3.8) is 0 Å². The minimum absolute atomic E-state index is 0.336. The molecular weight excluding hydrogens is 170 g/mol. The van der Waals surface area contributed by atoms with Gasteiger partial charge in [-0.3, -0.25) is 0 Å². The van der Waals surface area contributed by atoms with Crippen molar-refractivity contribution in [2.45, 2.75) is 31.7 Å². The summed E-state index contributed by atoms with van der Waals surface area (Å²) >= 11 is 2.06. The van der Waals surface area contributed by atoms with Crippen molar-refractivity contribution in [2.24, 2.45) is 0 Å². The van der Waals surface area contributed by atoms with Crippen LogP contribution in [0.15, 0.2) is 0 Å². The van der Waals surface area contributed by atoms with Crippen molar-refractivity contribution in [1.29, 1.82) is 0 Å². The fourth-order valence-corrected chi connectivity index (χ4v) is 2.55.